The second-order valence-electron chi connectivity index (χ2n) is 6.45. The summed E-state index contributed by atoms with van der Waals surface area (Å²) in [7, 11) is 0. The molecule has 0 saturated carbocycles. The van der Waals surface area contributed by atoms with Crippen molar-refractivity contribution >= 4 is 17.0 Å². The monoisotopic (exact) mass is 349 g/mol. The number of ether oxygens (including phenoxy) is 1. The summed E-state index contributed by atoms with van der Waals surface area (Å²) in [5.74, 6) is 0.570. The minimum Gasteiger partial charge on any atom is -0.394 e. The van der Waals surface area contributed by atoms with Crippen LogP contribution in [-0.2, 0) is 4.74 Å². The number of fused-ring (bicyclic) bond motifs is 1. The fraction of sp³-hybridized carbons (Fsp3) is 0.562. The topological polar surface area (TPSA) is 126 Å². The van der Waals surface area contributed by atoms with Crippen molar-refractivity contribution in [1.82, 2.24) is 19.5 Å². The van der Waals surface area contributed by atoms with Crippen molar-refractivity contribution in [3.8, 4) is 0 Å². The molecule has 25 heavy (non-hydrogen) atoms. The highest BCUT2D eigenvalue weighted by molar-refractivity contribution is 5.82. The Morgan fingerprint density at radius 1 is 1.32 bits per heavy atom. The molecule has 136 valence electrons. The van der Waals surface area contributed by atoms with Crippen LogP contribution in [0.4, 0.5) is 5.82 Å². The van der Waals surface area contributed by atoms with Crippen LogP contribution in [0.15, 0.2) is 24.3 Å². The SMILES string of the molecule is CC(C)=CC(C)Nc1ncnc2c1ncn2C1OC(CO)C(O)C1O. The number of rotatable bonds is 5. The lowest BCUT2D eigenvalue weighted by molar-refractivity contribution is -0.0511. The summed E-state index contributed by atoms with van der Waals surface area (Å²) in [6, 6.07) is 0.0576. The average molecular weight is 349 g/mol. The van der Waals surface area contributed by atoms with Gasteiger partial charge in [0, 0.05) is 6.04 Å². The number of aromatic nitrogens is 4. The summed E-state index contributed by atoms with van der Waals surface area (Å²) in [6.45, 7) is 5.65. The fourth-order valence-electron chi connectivity index (χ4n) is 3.01. The van der Waals surface area contributed by atoms with Crippen molar-refractivity contribution < 1.29 is 20.1 Å². The summed E-state index contributed by atoms with van der Waals surface area (Å²) in [5.41, 5.74) is 2.19. The highest BCUT2D eigenvalue weighted by Gasteiger charge is 2.44. The van der Waals surface area contributed by atoms with Crippen molar-refractivity contribution in [2.24, 2.45) is 0 Å². The maximum Gasteiger partial charge on any atom is 0.167 e. The number of nitrogens with zero attached hydrogens (tertiary/aromatic N) is 4. The van der Waals surface area contributed by atoms with Gasteiger partial charge in [-0.3, -0.25) is 4.57 Å². The number of hydrogen-bond donors (Lipinski definition) is 4. The van der Waals surface area contributed by atoms with E-state index in [1.807, 2.05) is 20.8 Å². The van der Waals surface area contributed by atoms with Crippen LogP contribution in [0, 0.1) is 0 Å². The van der Waals surface area contributed by atoms with Gasteiger partial charge >= 0.3 is 0 Å². The van der Waals surface area contributed by atoms with Gasteiger partial charge in [0.25, 0.3) is 0 Å². The van der Waals surface area contributed by atoms with E-state index in [4.69, 9.17) is 4.74 Å². The van der Waals surface area contributed by atoms with Gasteiger partial charge in [-0.15, -0.1) is 0 Å². The summed E-state index contributed by atoms with van der Waals surface area (Å²) in [4.78, 5) is 12.8. The van der Waals surface area contributed by atoms with E-state index in [0.717, 1.165) is 0 Å². The van der Waals surface area contributed by atoms with Gasteiger partial charge in [0.15, 0.2) is 23.2 Å². The zero-order chi connectivity index (χ0) is 18.1. The standard InChI is InChI=1S/C16H23N5O4/c1-8(2)4-9(3)20-14-11-15(18-6-17-14)21(7-19-11)16-13(24)12(23)10(5-22)25-16/h4,6-7,9-10,12-13,16,22-24H,5H2,1-3H3,(H,17,18,20). The van der Waals surface area contributed by atoms with Crippen molar-refractivity contribution in [3.63, 3.8) is 0 Å². The van der Waals surface area contributed by atoms with Crippen molar-refractivity contribution in [3.05, 3.63) is 24.3 Å². The minimum absolute atomic E-state index is 0.0576. The first-order chi connectivity index (χ1) is 11.9. The molecule has 2 aromatic heterocycles. The van der Waals surface area contributed by atoms with E-state index >= 15 is 0 Å². The smallest absolute Gasteiger partial charge is 0.167 e. The number of imidazole rings is 1. The molecule has 1 aliphatic heterocycles. The van der Waals surface area contributed by atoms with Crippen LogP contribution in [0.2, 0.25) is 0 Å². The molecular weight excluding hydrogens is 326 g/mol. The number of anilines is 1. The summed E-state index contributed by atoms with van der Waals surface area (Å²) in [5, 5.41) is 32.6. The Hall–Kier alpha value is -2.07. The maximum atomic E-state index is 10.2. The number of aliphatic hydroxyl groups excluding tert-OH is 3. The molecule has 9 heteroatoms. The van der Waals surface area contributed by atoms with E-state index in [9.17, 15) is 15.3 Å². The Kier molecular flexibility index (Phi) is 5.00. The van der Waals surface area contributed by atoms with Crippen LogP contribution >= 0.6 is 0 Å². The van der Waals surface area contributed by atoms with Gasteiger partial charge in [0.2, 0.25) is 0 Å². The molecule has 1 saturated heterocycles. The molecule has 1 aliphatic rings. The third-order valence-corrected chi connectivity index (χ3v) is 4.10. The van der Waals surface area contributed by atoms with Gasteiger partial charge in [-0.1, -0.05) is 11.6 Å². The predicted octanol–water partition coefficient (Wildman–Crippen LogP) is 0.204. The van der Waals surface area contributed by atoms with E-state index in [0.29, 0.717) is 17.0 Å². The fourth-order valence-corrected chi connectivity index (χ4v) is 3.01. The van der Waals surface area contributed by atoms with Crippen LogP contribution in [-0.4, -0.2) is 65.8 Å². The Bertz CT molecular complexity index is 773. The van der Waals surface area contributed by atoms with Crippen LogP contribution in [0.3, 0.4) is 0 Å². The van der Waals surface area contributed by atoms with E-state index in [2.05, 4.69) is 26.3 Å². The van der Waals surface area contributed by atoms with Gasteiger partial charge in [0.1, 0.15) is 24.6 Å². The lowest BCUT2D eigenvalue weighted by Crippen LogP contribution is -2.33. The second-order valence-corrected chi connectivity index (χ2v) is 6.45. The summed E-state index contributed by atoms with van der Waals surface area (Å²) in [6.07, 6.45) is 0.854. The first-order valence-electron chi connectivity index (χ1n) is 8.14. The Morgan fingerprint density at radius 2 is 2.08 bits per heavy atom. The summed E-state index contributed by atoms with van der Waals surface area (Å²) >= 11 is 0. The predicted molar refractivity (Wildman–Crippen MR) is 90.8 cm³/mol. The molecule has 4 N–H and O–H groups in total. The largest absolute Gasteiger partial charge is 0.394 e. The lowest BCUT2D eigenvalue weighted by atomic mass is 10.1. The van der Waals surface area contributed by atoms with Gasteiger partial charge < -0.3 is 25.4 Å². The molecule has 1 fully saturated rings. The van der Waals surface area contributed by atoms with Gasteiger partial charge in [-0.25, -0.2) is 15.0 Å². The molecule has 0 spiro atoms. The van der Waals surface area contributed by atoms with Crippen LogP contribution in [0.5, 0.6) is 0 Å². The molecule has 0 amide bonds. The van der Waals surface area contributed by atoms with E-state index < -0.39 is 24.5 Å². The molecule has 0 radical (unpaired) electrons. The molecule has 5 atom stereocenters. The number of nitrogens with one attached hydrogen (secondary N) is 1. The van der Waals surface area contributed by atoms with Crippen molar-refractivity contribution in [1.29, 1.82) is 0 Å². The Labute approximate surface area is 145 Å². The molecule has 3 rings (SSSR count). The molecule has 3 heterocycles. The van der Waals surface area contributed by atoms with Crippen LogP contribution in [0.25, 0.3) is 11.2 Å². The van der Waals surface area contributed by atoms with Gasteiger partial charge in [-0.2, -0.15) is 0 Å². The quantitative estimate of drug-likeness (QED) is 0.564. The average Bonchev–Trinajstić information content (AvgIpc) is 3.10. The molecule has 0 bridgehead atoms. The van der Waals surface area contributed by atoms with E-state index in [1.54, 1.807) is 0 Å². The van der Waals surface area contributed by atoms with E-state index in [-0.39, 0.29) is 12.6 Å². The van der Waals surface area contributed by atoms with Gasteiger partial charge in [-0.05, 0) is 20.8 Å². The zero-order valence-electron chi connectivity index (χ0n) is 14.4. The third kappa shape index (κ3) is 3.36. The number of allylic oxidation sites excluding steroid dienone is 1. The normalized spacial score (nSPS) is 27.4. The highest BCUT2D eigenvalue weighted by atomic mass is 16.6. The number of hydrogen-bond acceptors (Lipinski definition) is 8. The lowest BCUT2D eigenvalue weighted by Gasteiger charge is -2.16. The number of aliphatic hydroxyl groups is 3. The second kappa shape index (κ2) is 7.04. The van der Waals surface area contributed by atoms with E-state index in [1.165, 1.54) is 22.8 Å². The Morgan fingerprint density at radius 3 is 2.72 bits per heavy atom. The molecule has 9 nitrogen and oxygen atoms in total. The van der Waals surface area contributed by atoms with Gasteiger partial charge in [0.05, 0.1) is 12.9 Å². The zero-order valence-corrected chi connectivity index (χ0v) is 14.4. The maximum absolute atomic E-state index is 10.2. The first kappa shape index (κ1) is 17.7. The molecular formula is C16H23N5O4. The Balaban J connectivity index is 1.93. The molecule has 0 aliphatic carbocycles. The van der Waals surface area contributed by atoms with Crippen LogP contribution in [0.1, 0.15) is 27.0 Å². The molecule has 2 aromatic rings. The van der Waals surface area contributed by atoms with Crippen molar-refractivity contribution in [2.45, 2.75) is 51.4 Å². The molecule has 5 unspecified atom stereocenters. The first-order valence-corrected chi connectivity index (χ1v) is 8.14. The third-order valence-electron chi connectivity index (χ3n) is 4.10. The summed E-state index contributed by atoms with van der Waals surface area (Å²) < 4.78 is 7.08. The van der Waals surface area contributed by atoms with Crippen molar-refractivity contribution in [2.75, 3.05) is 11.9 Å². The molecule has 0 aromatic carbocycles. The highest BCUT2D eigenvalue weighted by Crippen LogP contribution is 2.32. The van der Waals surface area contributed by atoms with Crippen LogP contribution < -0.4 is 5.32 Å². The minimum atomic E-state index is -1.19.